The number of benzene rings is 2. The van der Waals surface area contributed by atoms with Gasteiger partial charge in [0.2, 0.25) is 0 Å². The number of hydrogen-bond acceptors (Lipinski definition) is 3. The largest absolute Gasteiger partial charge is 0.484 e. The number of ether oxygens (including phenoxy) is 1. The summed E-state index contributed by atoms with van der Waals surface area (Å²) >= 11 is 0. The van der Waals surface area contributed by atoms with Gasteiger partial charge in [0.25, 0.3) is 5.91 Å². The fourth-order valence-corrected chi connectivity index (χ4v) is 2.57. The topological polar surface area (TPSA) is 56.1 Å². The molecule has 2 aromatic carbocycles. The molecule has 0 saturated carbocycles. The zero-order valence-electron chi connectivity index (χ0n) is 13.7. The molecule has 24 heavy (non-hydrogen) atoms. The summed E-state index contributed by atoms with van der Waals surface area (Å²) < 4.78 is 7.58. The van der Waals surface area contributed by atoms with Crippen LogP contribution in [0.5, 0.6) is 5.75 Å². The SMILES string of the molecule is Cc1cccc(OCC(=O)NCCCn2cnc3ccccc32)c1. The second-order valence-corrected chi connectivity index (χ2v) is 5.74. The summed E-state index contributed by atoms with van der Waals surface area (Å²) in [6.07, 6.45) is 2.68. The average Bonchev–Trinajstić information content (AvgIpc) is 3.00. The molecule has 0 aliphatic rings. The summed E-state index contributed by atoms with van der Waals surface area (Å²) in [5.74, 6) is 0.613. The third-order valence-electron chi connectivity index (χ3n) is 3.78. The van der Waals surface area contributed by atoms with E-state index in [-0.39, 0.29) is 12.5 Å². The van der Waals surface area contributed by atoms with Gasteiger partial charge in [-0.2, -0.15) is 0 Å². The van der Waals surface area contributed by atoms with Crippen molar-refractivity contribution in [3.05, 3.63) is 60.4 Å². The number of aromatic nitrogens is 2. The number of carbonyl (C=O) groups is 1. The maximum atomic E-state index is 11.8. The lowest BCUT2D eigenvalue weighted by atomic mass is 10.2. The summed E-state index contributed by atoms with van der Waals surface area (Å²) in [5.41, 5.74) is 3.22. The van der Waals surface area contributed by atoms with Crippen molar-refractivity contribution in [2.24, 2.45) is 0 Å². The summed E-state index contributed by atoms with van der Waals surface area (Å²) in [5, 5.41) is 2.88. The van der Waals surface area contributed by atoms with Gasteiger partial charge in [0.05, 0.1) is 17.4 Å². The number of para-hydroxylation sites is 2. The highest BCUT2D eigenvalue weighted by atomic mass is 16.5. The number of nitrogens with zero attached hydrogens (tertiary/aromatic N) is 2. The van der Waals surface area contributed by atoms with Gasteiger partial charge in [0.15, 0.2) is 6.61 Å². The second-order valence-electron chi connectivity index (χ2n) is 5.74. The zero-order valence-corrected chi connectivity index (χ0v) is 13.7. The van der Waals surface area contributed by atoms with Crippen LogP contribution in [0.3, 0.4) is 0 Å². The number of carbonyl (C=O) groups excluding carboxylic acids is 1. The van der Waals surface area contributed by atoms with Gasteiger partial charge in [-0.25, -0.2) is 4.98 Å². The third kappa shape index (κ3) is 4.13. The molecule has 1 N–H and O–H groups in total. The lowest BCUT2D eigenvalue weighted by Gasteiger charge is -2.08. The maximum Gasteiger partial charge on any atom is 0.257 e. The number of imidazole rings is 1. The van der Waals surface area contributed by atoms with E-state index < -0.39 is 0 Å². The Bertz CT molecular complexity index is 826. The van der Waals surface area contributed by atoms with E-state index in [4.69, 9.17) is 4.74 Å². The molecular weight excluding hydrogens is 302 g/mol. The lowest BCUT2D eigenvalue weighted by molar-refractivity contribution is -0.123. The molecule has 0 aliphatic carbocycles. The van der Waals surface area contributed by atoms with Gasteiger partial charge in [0.1, 0.15) is 5.75 Å². The van der Waals surface area contributed by atoms with Gasteiger partial charge in [0, 0.05) is 13.1 Å². The van der Waals surface area contributed by atoms with Gasteiger partial charge in [-0.15, -0.1) is 0 Å². The molecule has 0 unspecified atom stereocenters. The first kappa shape index (κ1) is 16.1. The van der Waals surface area contributed by atoms with Crippen molar-refractivity contribution in [2.45, 2.75) is 19.9 Å². The smallest absolute Gasteiger partial charge is 0.257 e. The fraction of sp³-hybridized carbons (Fsp3) is 0.263. The first-order chi connectivity index (χ1) is 11.7. The van der Waals surface area contributed by atoms with E-state index in [2.05, 4.69) is 20.9 Å². The molecule has 0 saturated heterocycles. The van der Waals surface area contributed by atoms with Crippen LogP contribution in [0, 0.1) is 6.92 Å². The molecule has 3 aromatic rings. The van der Waals surface area contributed by atoms with E-state index in [0.717, 1.165) is 35.3 Å². The number of amides is 1. The lowest BCUT2D eigenvalue weighted by Crippen LogP contribution is -2.30. The molecule has 5 heteroatoms. The molecule has 1 aromatic heterocycles. The summed E-state index contributed by atoms with van der Waals surface area (Å²) in [7, 11) is 0. The molecule has 1 amide bonds. The van der Waals surface area contributed by atoms with Crippen LogP contribution in [-0.2, 0) is 11.3 Å². The predicted octanol–water partition coefficient (Wildman–Crippen LogP) is 2.93. The van der Waals surface area contributed by atoms with Crippen LogP contribution < -0.4 is 10.1 Å². The van der Waals surface area contributed by atoms with Crippen molar-refractivity contribution >= 4 is 16.9 Å². The van der Waals surface area contributed by atoms with Gasteiger partial charge in [-0.3, -0.25) is 4.79 Å². The number of rotatable bonds is 7. The third-order valence-corrected chi connectivity index (χ3v) is 3.78. The number of fused-ring (bicyclic) bond motifs is 1. The van der Waals surface area contributed by atoms with Gasteiger partial charge in [-0.05, 0) is 43.2 Å². The molecular formula is C19H21N3O2. The first-order valence-electron chi connectivity index (χ1n) is 8.08. The Kier molecular flexibility index (Phi) is 5.11. The minimum Gasteiger partial charge on any atom is -0.484 e. The van der Waals surface area contributed by atoms with Crippen LogP contribution in [0.15, 0.2) is 54.9 Å². The summed E-state index contributed by atoms with van der Waals surface area (Å²) in [4.78, 5) is 16.2. The molecule has 0 aliphatic heterocycles. The van der Waals surface area contributed by atoms with Crippen LogP contribution in [0.25, 0.3) is 11.0 Å². The standard InChI is InChI=1S/C19H21N3O2/c1-15-6-4-7-16(12-15)24-13-19(23)20-10-5-11-22-14-21-17-8-2-3-9-18(17)22/h2-4,6-9,12,14H,5,10-11,13H2,1H3,(H,20,23). The van der Waals surface area contributed by atoms with Crippen molar-refractivity contribution in [2.75, 3.05) is 13.2 Å². The Morgan fingerprint density at radius 3 is 2.96 bits per heavy atom. The van der Waals surface area contributed by atoms with Crippen LogP contribution in [0.2, 0.25) is 0 Å². The average molecular weight is 323 g/mol. The van der Waals surface area contributed by atoms with E-state index in [1.165, 1.54) is 0 Å². The second kappa shape index (κ2) is 7.64. The van der Waals surface area contributed by atoms with Crippen LogP contribution in [-0.4, -0.2) is 28.6 Å². The molecule has 124 valence electrons. The van der Waals surface area contributed by atoms with Crippen LogP contribution >= 0.6 is 0 Å². The van der Waals surface area contributed by atoms with Crippen molar-refractivity contribution in [3.63, 3.8) is 0 Å². The Morgan fingerprint density at radius 2 is 2.08 bits per heavy atom. The molecule has 0 atom stereocenters. The van der Waals surface area contributed by atoms with E-state index in [1.807, 2.05) is 55.7 Å². The molecule has 0 radical (unpaired) electrons. The molecule has 0 spiro atoms. The quantitative estimate of drug-likeness (QED) is 0.680. The minimum absolute atomic E-state index is 0.0391. The van der Waals surface area contributed by atoms with Crippen LogP contribution in [0.4, 0.5) is 0 Å². The van der Waals surface area contributed by atoms with Crippen molar-refractivity contribution < 1.29 is 9.53 Å². The summed E-state index contributed by atoms with van der Waals surface area (Å²) in [6.45, 7) is 3.46. The highest BCUT2D eigenvalue weighted by Crippen LogP contribution is 2.12. The number of hydrogen-bond donors (Lipinski definition) is 1. The predicted molar refractivity (Wildman–Crippen MR) is 94.0 cm³/mol. The number of aryl methyl sites for hydroxylation is 2. The Morgan fingerprint density at radius 1 is 1.21 bits per heavy atom. The Hall–Kier alpha value is -2.82. The van der Waals surface area contributed by atoms with Gasteiger partial charge >= 0.3 is 0 Å². The summed E-state index contributed by atoms with van der Waals surface area (Å²) in [6, 6.07) is 15.7. The van der Waals surface area contributed by atoms with Gasteiger partial charge in [-0.1, -0.05) is 24.3 Å². The van der Waals surface area contributed by atoms with E-state index >= 15 is 0 Å². The van der Waals surface area contributed by atoms with Crippen molar-refractivity contribution in [1.82, 2.24) is 14.9 Å². The van der Waals surface area contributed by atoms with E-state index in [9.17, 15) is 4.79 Å². The van der Waals surface area contributed by atoms with Crippen molar-refractivity contribution in [1.29, 1.82) is 0 Å². The minimum atomic E-state index is -0.105. The Balaban J connectivity index is 1.39. The molecule has 3 rings (SSSR count). The van der Waals surface area contributed by atoms with E-state index in [1.54, 1.807) is 0 Å². The molecule has 5 nitrogen and oxygen atoms in total. The molecule has 1 heterocycles. The fourth-order valence-electron chi connectivity index (χ4n) is 2.57. The highest BCUT2D eigenvalue weighted by Gasteiger charge is 2.04. The number of nitrogens with one attached hydrogen (secondary N) is 1. The zero-order chi connectivity index (χ0) is 16.8. The maximum absolute atomic E-state index is 11.8. The molecule has 0 bridgehead atoms. The monoisotopic (exact) mass is 323 g/mol. The molecule has 0 fully saturated rings. The first-order valence-corrected chi connectivity index (χ1v) is 8.08. The normalized spacial score (nSPS) is 10.7. The van der Waals surface area contributed by atoms with E-state index in [0.29, 0.717) is 6.54 Å². The van der Waals surface area contributed by atoms with Crippen molar-refractivity contribution in [3.8, 4) is 5.75 Å². The highest BCUT2D eigenvalue weighted by molar-refractivity contribution is 5.77. The van der Waals surface area contributed by atoms with Crippen LogP contribution in [0.1, 0.15) is 12.0 Å². The Labute approximate surface area is 141 Å². The van der Waals surface area contributed by atoms with Gasteiger partial charge < -0.3 is 14.6 Å².